The molecule has 1 fully saturated rings. The lowest BCUT2D eigenvalue weighted by atomic mass is 10.1. The summed E-state index contributed by atoms with van der Waals surface area (Å²) in [5.74, 6) is -0.954. The molecule has 1 aliphatic carbocycles. The topological polar surface area (TPSA) is 85.6 Å². The predicted molar refractivity (Wildman–Crippen MR) is 108 cm³/mol. The number of halogens is 2. The Morgan fingerprint density at radius 3 is 2.70 bits per heavy atom. The summed E-state index contributed by atoms with van der Waals surface area (Å²) in [4.78, 5) is 30.4. The number of anilines is 1. The first-order valence-corrected chi connectivity index (χ1v) is 10.4. The third-order valence-corrected chi connectivity index (χ3v) is 6.14. The fraction of sp³-hybridized carbons (Fsp3) is 0.400. The summed E-state index contributed by atoms with van der Waals surface area (Å²) in [6.07, 6.45) is -0.913. The Bertz CT molecular complexity index is 1150. The minimum absolute atomic E-state index is 0.0594. The van der Waals surface area contributed by atoms with Crippen LogP contribution in [0.2, 0.25) is 0 Å². The molecule has 0 unspecified atom stereocenters. The molecule has 7 nitrogen and oxygen atoms in total. The average Bonchev–Trinajstić information content (AvgIpc) is 3.39. The largest absolute Gasteiger partial charge is 0.462 e. The van der Waals surface area contributed by atoms with Crippen molar-refractivity contribution >= 4 is 33.9 Å². The first kappa shape index (κ1) is 20.4. The molecular weight excluding hydrogens is 414 g/mol. The van der Waals surface area contributed by atoms with Crippen LogP contribution < -0.4 is 5.32 Å². The predicted octanol–water partition coefficient (Wildman–Crippen LogP) is 4.65. The molecule has 3 aromatic heterocycles. The minimum atomic E-state index is -2.75. The van der Waals surface area contributed by atoms with E-state index in [1.165, 1.54) is 23.5 Å². The summed E-state index contributed by atoms with van der Waals surface area (Å²) in [5.41, 5.74) is 1.45. The zero-order valence-corrected chi connectivity index (χ0v) is 17.5. The molecule has 0 spiro atoms. The Kier molecular flexibility index (Phi) is 5.27. The van der Waals surface area contributed by atoms with E-state index in [1.807, 2.05) is 6.92 Å². The highest BCUT2D eigenvalue weighted by atomic mass is 32.1. The van der Waals surface area contributed by atoms with Gasteiger partial charge >= 0.3 is 5.97 Å². The van der Waals surface area contributed by atoms with E-state index in [0.717, 1.165) is 27.8 Å². The summed E-state index contributed by atoms with van der Waals surface area (Å²) in [6.45, 7) is 5.52. The quantitative estimate of drug-likeness (QED) is 0.571. The number of hydrogen-bond acceptors (Lipinski definition) is 6. The van der Waals surface area contributed by atoms with Gasteiger partial charge in [0, 0.05) is 22.6 Å². The van der Waals surface area contributed by atoms with Gasteiger partial charge in [0.1, 0.15) is 10.7 Å². The highest BCUT2D eigenvalue weighted by Gasteiger charge is 2.29. The second-order valence-electron chi connectivity index (χ2n) is 7.14. The molecule has 1 amide bonds. The smallest absolute Gasteiger partial charge is 0.341 e. The van der Waals surface area contributed by atoms with Crippen LogP contribution in [0.5, 0.6) is 0 Å². The van der Waals surface area contributed by atoms with Crippen molar-refractivity contribution in [3.63, 3.8) is 0 Å². The van der Waals surface area contributed by atoms with Crippen LogP contribution in [0.1, 0.15) is 74.8 Å². The molecule has 3 aromatic rings. The van der Waals surface area contributed by atoms with E-state index in [1.54, 1.807) is 13.8 Å². The molecular formula is C20H20F2N4O3S. The molecule has 3 heterocycles. The van der Waals surface area contributed by atoms with Crippen molar-refractivity contribution in [3.05, 3.63) is 45.2 Å². The van der Waals surface area contributed by atoms with Crippen LogP contribution in [-0.4, -0.2) is 33.1 Å². The minimum Gasteiger partial charge on any atom is -0.462 e. The standard InChI is InChI=1S/C20H20F2N4O3S/c1-4-29-20(28)16-9(2)10(3)30-19(16)24-18(27)13-8-15-23-12(11-5-6-11)7-14(17(21)22)26(15)25-13/h7-8,11,17H,4-6H2,1-3H3,(H,24,27). The number of fused-ring (bicyclic) bond motifs is 1. The number of ether oxygens (including phenoxy) is 1. The van der Waals surface area contributed by atoms with Gasteiger partial charge in [0.2, 0.25) is 0 Å². The van der Waals surface area contributed by atoms with Crippen LogP contribution in [0.3, 0.4) is 0 Å². The summed E-state index contributed by atoms with van der Waals surface area (Å²) in [7, 11) is 0. The number of carbonyl (C=O) groups is 2. The molecule has 1 saturated carbocycles. The van der Waals surface area contributed by atoms with Gasteiger partial charge in [-0.1, -0.05) is 0 Å². The van der Waals surface area contributed by atoms with Crippen LogP contribution in [-0.2, 0) is 4.74 Å². The molecule has 1 N–H and O–H groups in total. The highest BCUT2D eigenvalue weighted by molar-refractivity contribution is 7.16. The molecule has 0 aliphatic heterocycles. The maximum Gasteiger partial charge on any atom is 0.341 e. The Balaban J connectivity index is 1.68. The van der Waals surface area contributed by atoms with Gasteiger partial charge < -0.3 is 10.1 Å². The number of rotatable bonds is 6. The summed E-state index contributed by atoms with van der Waals surface area (Å²) in [6, 6.07) is 2.74. The van der Waals surface area contributed by atoms with Gasteiger partial charge in [-0.3, -0.25) is 4.79 Å². The number of amides is 1. The van der Waals surface area contributed by atoms with Crippen LogP contribution in [0.25, 0.3) is 5.65 Å². The molecule has 0 saturated heterocycles. The van der Waals surface area contributed by atoms with E-state index in [0.29, 0.717) is 16.3 Å². The number of hydrogen-bond donors (Lipinski definition) is 1. The van der Waals surface area contributed by atoms with E-state index >= 15 is 0 Å². The molecule has 158 valence electrons. The first-order valence-electron chi connectivity index (χ1n) is 9.57. The Morgan fingerprint density at radius 1 is 1.33 bits per heavy atom. The lowest BCUT2D eigenvalue weighted by molar-refractivity contribution is 0.0527. The molecule has 0 bridgehead atoms. The summed E-state index contributed by atoms with van der Waals surface area (Å²) in [5, 5.41) is 7.06. The number of carbonyl (C=O) groups excluding carboxylic acids is 2. The third kappa shape index (κ3) is 3.67. The van der Waals surface area contributed by atoms with Crippen molar-refractivity contribution in [1.29, 1.82) is 0 Å². The maximum absolute atomic E-state index is 13.5. The molecule has 4 rings (SSSR count). The fourth-order valence-electron chi connectivity index (χ4n) is 3.20. The number of aryl methyl sites for hydroxylation is 1. The SMILES string of the molecule is CCOC(=O)c1c(NC(=O)c2cc3nc(C4CC4)cc(C(F)F)n3n2)sc(C)c1C. The number of thiophene rings is 1. The highest BCUT2D eigenvalue weighted by Crippen LogP contribution is 2.40. The number of esters is 1. The van der Waals surface area contributed by atoms with Crippen LogP contribution in [0, 0.1) is 13.8 Å². The summed E-state index contributed by atoms with van der Waals surface area (Å²) < 4.78 is 33.2. The van der Waals surface area contributed by atoms with Crippen molar-refractivity contribution in [2.24, 2.45) is 0 Å². The molecule has 0 atom stereocenters. The van der Waals surface area contributed by atoms with E-state index in [2.05, 4.69) is 15.4 Å². The van der Waals surface area contributed by atoms with Gasteiger partial charge in [-0.2, -0.15) is 5.10 Å². The summed E-state index contributed by atoms with van der Waals surface area (Å²) >= 11 is 1.24. The van der Waals surface area contributed by atoms with E-state index in [-0.39, 0.29) is 29.6 Å². The van der Waals surface area contributed by atoms with Crippen molar-refractivity contribution in [1.82, 2.24) is 14.6 Å². The zero-order valence-electron chi connectivity index (χ0n) is 16.7. The van der Waals surface area contributed by atoms with E-state index in [4.69, 9.17) is 4.74 Å². The lowest BCUT2D eigenvalue weighted by Gasteiger charge is -2.06. The lowest BCUT2D eigenvalue weighted by Crippen LogP contribution is -2.15. The Morgan fingerprint density at radius 2 is 2.07 bits per heavy atom. The maximum atomic E-state index is 13.5. The van der Waals surface area contributed by atoms with Crippen LogP contribution in [0.15, 0.2) is 12.1 Å². The zero-order chi connectivity index (χ0) is 21.6. The Hall–Kier alpha value is -2.88. The van der Waals surface area contributed by atoms with Crippen molar-refractivity contribution in [2.75, 3.05) is 11.9 Å². The number of aromatic nitrogens is 3. The van der Waals surface area contributed by atoms with Crippen molar-refractivity contribution in [2.45, 2.75) is 46.0 Å². The van der Waals surface area contributed by atoms with Gasteiger partial charge in [-0.25, -0.2) is 23.1 Å². The average molecular weight is 434 g/mol. The van der Waals surface area contributed by atoms with Gasteiger partial charge in [0.25, 0.3) is 12.3 Å². The monoisotopic (exact) mass is 434 g/mol. The third-order valence-electron chi connectivity index (χ3n) is 5.02. The second-order valence-corrected chi connectivity index (χ2v) is 8.37. The van der Waals surface area contributed by atoms with Crippen LogP contribution in [0.4, 0.5) is 13.8 Å². The van der Waals surface area contributed by atoms with Crippen LogP contribution >= 0.6 is 11.3 Å². The molecule has 10 heteroatoms. The molecule has 30 heavy (non-hydrogen) atoms. The van der Waals surface area contributed by atoms with Gasteiger partial charge in [0.05, 0.1) is 12.2 Å². The van der Waals surface area contributed by atoms with E-state index < -0.39 is 18.3 Å². The Labute approximate surface area is 175 Å². The van der Waals surface area contributed by atoms with Crippen molar-refractivity contribution in [3.8, 4) is 0 Å². The van der Waals surface area contributed by atoms with Crippen molar-refractivity contribution < 1.29 is 23.1 Å². The van der Waals surface area contributed by atoms with E-state index in [9.17, 15) is 18.4 Å². The second kappa shape index (κ2) is 7.75. The molecule has 1 aliphatic rings. The number of alkyl halides is 2. The van der Waals surface area contributed by atoms with Gasteiger partial charge in [0.15, 0.2) is 11.3 Å². The fourth-order valence-corrected chi connectivity index (χ4v) is 4.25. The van der Waals surface area contributed by atoms with Gasteiger partial charge in [-0.15, -0.1) is 11.3 Å². The first-order chi connectivity index (χ1) is 14.3. The van der Waals surface area contributed by atoms with Gasteiger partial charge in [-0.05, 0) is 45.2 Å². The number of nitrogens with zero attached hydrogens (tertiary/aromatic N) is 3. The number of nitrogens with one attached hydrogen (secondary N) is 1. The normalized spacial score (nSPS) is 13.8. The molecule has 0 aromatic carbocycles. The molecule has 0 radical (unpaired) electrons.